The number of fused-ring (bicyclic) bond motifs is 4. The Morgan fingerprint density at radius 2 is 1.10 bits per heavy atom. The first kappa shape index (κ1) is 60.9. The Labute approximate surface area is 420 Å². The van der Waals surface area contributed by atoms with E-state index in [2.05, 4.69) is 105 Å². The van der Waals surface area contributed by atoms with E-state index in [1.807, 2.05) is 13.8 Å². The van der Waals surface area contributed by atoms with Crippen LogP contribution >= 0.6 is 0 Å². The van der Waals surface area contributed by atoms with Gasteiger partial charge in [0.1, 0.15) is 31.0 Å². The topological polar surface area (TPSA) is 166 Å². The van der Waals surface area contributed by atoms with E-state index in [-0.39, 0.29) is 72.9 Å². The van der Waals surface area contributed by atoms with E-state index in [1.54, 1.807) is 19.9 Å². The molecule has 0 spiro atoms. The van der Waals surface area contributed by atoms with Crippen molar-refractivity contribution >= 4 is 71.0 Å². The van der Waals surface area contributed by atoms with Crippen molar-refractivity contribution in [2.24, 2.45) is 82.9 Å². The van der Waals surface area contributed by atoms with Crippen LogP contribution in [0.5, 0.6) is 0 Å². The van der Waals surface area contributed by atoms with E-state index in [1.165, 1.54) is 19.8 Å². The van der Waals surface area contributed by atoms with Gasteiger partial charge in [-0.25, -0.2) is 0 Å². The van der Waals surface area contributed by atoms with Crippen LogP contribution in [0.4, 0.5) is 0 Å². The average Bonchev–Trinajstić information content (AvgIpc) is 4.09. The van der Waals surface area contributed by atoms with Gasteiger partial charge in [0.25, 0.3) is 0 Å². The summed E-state index contributed by atoms with van der Waals surface area (Å²) in [4.78, 5) is 78.9. The molecule has 0 aromatic heterocycles. The number of Topliss-reactive ketones (excluding diaryl/α,β-unsaturated/α-hetero) is 1. The second-order valence-corrected chi connectivity index (χ2v) is 67.4. The fourth-order valence-corrected chi connectivity index (χ4v) is 114. The zero-order valence-electron chi connectivity index (χ0n) is 46.8. The monoisotopic (exact) mass is 1040 g/mol. The normalized spacial score (nSPS) is 32.1. The third-order valence-corrected chi connectivity index (χ3v) is 92.8. The van der Waals surface area contributed by atoms with Crippen LogP contribution in [0.2, 0.25) is 65.0 Å². The summed E-state index contributed by atoms with van der Waals surface area (Å²) >= 11 is 0. The molecule has 6 fully saturated rings. The van der Waals surface area contributed by atoms with Crippen molar-refractivity contribution < 1.29 is 57.2 Å². The minimum atomic E-state index is -1.07. The summed E-state index contributed by atoms with van der Waals surface area (Å²) in [5, 5.41) is 0. The van der Waals surface area contributed by atoms with Gasteiger partial charge in [-0.15, -0.1) is 0 Å². The van der Waals surface area contributed by atoms with Gasteiger partial charge < -0.3 is 23.7 Å². The molecule has 396 valence electrons. The number of cyclic esters (lactones) is 3. The lowest BCUT2D eigenvalue weighted by atomic mass is 9.75. The molecule has 4 saturated carbocycles. The van der Waals surface area contributed by atoms with E-state index in [9.17, 15) is 33.6 Å². The molecule has 0 amide bonds. The van der Waals surface area contributed by atoms with Crippen LogP contribution in [0.25, 0.3) is 0 Å². The maximum Gasteiger partial charge on any atom is 0.317 e. The predicted molar refractivity (Wildman–Crippen MR) is 282 cm³/mol. The maximum absolute atomic E-state index is 12.6. The van der Waals surface area contributed by atoms with Gasteiger partial charge in [-0.3, -0.25) is 33.6 Å². The number of hydrogen-bond acceptors (Lipinski definition) is 12. The first-order chi connectivity index (χ1) is 31.5. The lowest BCUT2D eigenvalue weighted by Gasteiger charge is -2.58. The van der Waals surface area contributed by atoms with Crippen molar-refractivity contribution in [3.8, 4) is 0 Å². The number of carbonyl (C=O) groups is 7. The molecular weight excluding hydrogens is 941 g/mol. The summed E-state index contributed by atoms with van der Waals surface area (Å²) in [7, 11) is -3.07. The van der Waals surface area contributed by atoms with Crippen molar-refractivity contribution in [3.05, 3.63) is 0 Å². The van der Waals surface area contributed by atoms with Crippen LogP contribution in [0.3, 0.4) is 0 Å². The minimum Gasteiger partial charge on any atom is -0.465 e. The van der Waals surface area contributed by atoms with Gasteiger partial charge in [0.2, 0.25) is 0 Å². The van der Waals surface area contributed by atoms with Crippen LogP contribution in [-0.2, 0) is 57.2 Å². The molecule has 6 rings (SSSR count). The zero-order chi connectivity index (χ0) is 52.9. The quantitative estimate of drug-likeness (QED) is 0.0502. The van der Waals surface area contributed by atoms with Gasteiger partial charge in [0.05, 0.1) is 36.7 Å². The number of ether oxygens (including phenoxy) is 5. The van der Waals surface area contributed by atoms with E-state index in [0.29, 0.717) is 54.5 Å². The van der Waals surface area contributed by atoms with Gasteiger partial charge in [-0.05, 0) is 99.7 Å². The number of esters is 6. The Hall–Kier alpha value is -2.44. The molecular formula is C53H96O12Si4. The van der Waals surface area contributed by atoms with Crippen LogP contribution < -0.4 is 0 Å². The Morgan fingerprint density at radius 3 is 1.43 bits per heavy atom. The predicted octanol–water partition coefficient (Wildman–Crippen LogP) is 10.9. The molecule has 16 heteroatoms. The summed E-state index contributed by atoms with van der Waals surface area (Å²) < 4.78 is 25.2. The molecule has 14 unspecified atom stereocenters. The van der Waals surface area contributed by atoms with E-state index in [0.717, 1.165) is 31.1 Å². The highest BCUT2D eigenvalue weighted by atomic mass is 29.9. The first-order valence-electron chi connectivity index (χ1n) is 26.5. The molecule has 0 aromatic carbocycles. The minimum absolute atomic E-state index is 0.00845. The van der Waals surface area contributed by atoms with Crippen molar-refractivity contribution in [2.75, 3.05) is 19.8 Å². The molecule has 4 bridgehead atoms. The van der Waals surface area contributed by atoms with Crippen LogP contribution in [0, 0.1) is 82.9 Å². The first-order valence-corrected chi connectivity index (χ1v) is 42.2. The highest BCUT2D eigenvalue weighted by Crippen LogP contribution is 2.56. The lowest BCUT2D eigenvalue weighted by molar-refractivity contribution is -0.170. The Kier molecular flexibility index (Phi) is 21.2. The van der Waals surface area contributed by atoms with Crippen LogP contribution in [-0.4, -0.2) is 96.4 Å². The van der Waals surface area contributed by atoms with E-state index >= 15 is 0 Å². The van der Waals surface area contributed by atoms with E-state index < -0.39 is 52.9 Å². The van der Waals surface area contributed by atoms with Gasteiger partial charge in [-0.1, -0.05) is 127 Å². The Bertz CT molecular complexity index is 1770. The fourth-order valence-electron chi connectivity index (χ4n) is 14.1. The Balaban J connectivity index is 0.000000252. The number of rotatable bonds is 15. The highest BCUT2D eigenvalue weighted by Gasteiger charge is 2.61. The molecule has 2 saturated heterocycles. The van der Waals surface area contributed by atoms with Crippen molar-refractivity contribution in [2.45, 2.75) is 192 Å². The smallest absolute Gasteiger partial charge is 0.317 e. The molecule has 6 aliphatic rings. The molecule has 2 heterocycles. The standard InChI is InChI=1S/C17H26O4.C16H24O5.C14H38Si4.C6H8O3/c1-9-10(2)13-5-11(9)6-14(13)16(19)21-17(3,4)12-7-15(18)20-8-12;1-9(17)6-15(18)20-4-5-21-16(19)14-8-12-7-13(14)11(3)10(12)2;1-12-14(2)13-18(15(3,4)5,16(6,7)8)17(9,10)11;1-3-4(2)6(8)9-5(3)7/h9-14H,5-8H2,1-4H3;10-14H,4-8H2,1-3H3;14H,12-13H2,1-11H3;3-4H,1-2H3. The van der Waals surface area contributed by atoms with Gasteiger partial charge in [0, 0.05) is 35.3 Å². The molecule has 2 aliphatic heterocycles. The third kappa shape index (κ3) is 14.6. The van der Waals surface area contributed by atoms with Gasteiger partial charge >= 0.3 is 35.8 Å². The van der Waals surface area contributed by atoms with Crippen molar-refractivity contribution in [3.63, 3.8) is 0 Å². The lowest BCUT2D eigenvalue weighted by Crippen LogP contribution is -2.82. The number of ketones is 1. The average molecular weight is 1040 g/mol. The summed E-state index contributed by atoms with van der Waals surface area (Å²) in [6.07, 6.45) is 5.72. The maximum atomic E-state index is 12.6. The molecule has 0 N–H and O–H groups in total. The van der Waals surface area contributed by atoms with Crippen LogP contribution in [0.1, 0.15) is 121 Å². The zero-order valence-corrected chi connectivity index (χ0v) is 50.8. The molecule has 4 aliphatic carbocycles. The number of carbonyl (C=O) groups excluding carboxylic acids is 7. The number of hydrogen-bond donors (Lipinski definition) is 0. The highest BCUT2D eigenvalue weighted by molar-refractivity contribution is 7.89. The van der Waals surface area contributed by atoms with Crippen molar-refractivity contribution in [1.82, 2.24) is 0 Å². The fraction of sp³-hybridized carbons (Fsp3) is 0.868. The third-order valence-electron chi connectivity index (χ3n) is 18.5. The summed E-state index contributed by atoms with van der Waals surface area (Å²) in [5.41, 5.74) is -0.625. The molecule has 12 nitrogen and oxygen atoms in total. The van der Waals surface area contributed by atoms with Gasteiger partial charge in [-0.2, -0.15) is 0 Å². The summed E-state index contributed by atoms with van der Waals surface area (Å²) in [6, 6.07) is 1.64. The SMILES string of the molecule is CC(=O)CC(=O)OCCOC(=O)C1CC2CC1C(C)C2C.CC1C(=O)OC(=O)C1C.CC1C2CC(C(=O)OC(C)(C)C3COC(=O)C3)C(C2)C1C.CCC(C)C[Si]([Si](C)(C)C)([Si](C)(C)C)[Si](C)(C)C. The summed E-state index contributed by atoms with van der Waals surface area (Å²) in [6.45, 7) is 46.2. The van der Waals surface area contributed by atoms with Crippen molar-refractivity contribution in [1.29, 1.82) is 0 Å². The molecule has 0 aromatic rings. The van der Waals surface area contributed by atoms with E-state index in [4.69, 9.17) is 18.9 Å². The summed E-state index contributed by atoms with van der Waals surface area (Å²) in [5.74, 6) is 3.36. The van der Waals surface area contributed by atoms with Crippen LogP contribution in [0.15, 0.2) is 0 Å². The second kappa shape index (κ2) is 24.1. The molecule has 14 atom stereocenters. The molecule has 0 radical (unpaired) electrons. The Morgan fingerprint density at radius 1 is 0.667 bits per heavy atom. The largest absolute Gasteiger partial charge is 0.465 e. The second-order valence-electron chi connectivity index (χ2n) is 26.0. The van der Waals surface area contributed by atoms with Gasteiger partial charge in [0.15, 0.2) is 0 Å². The molecule has 69 heavy (non-hydrogen) atoms.